The van der Waals surface area contributed by atoms with Gasteiger partial charge in [0.1, 0.15) is 0 Å². The van der Waals surface area contributed by atoms with Crippen molar-refractivity contribution in [3.05, 3.63) is 125 Å². The van der Waals surface area contributed by atoms with Crippen molar-refractivity contribution in [2.75, 3.05) is 0 Å². The number of aryl methyl sites for hydroxylation is 1. The minimum atomic E-state index is 0.681. The predicted molar refractivity (Wildman–Crippen MR) is 142 cm³/mol. The van der Waals surface area contributed by atoms with Gasteiger partial charge in [0.25, 0.3) is 0 Å². The highest BCUT2D eigenvalue weighted by atomic mass is 35.5. The van der Waals surface area contributed by atoms with Gasteiger partial charge in [-0.25, -0.2) is 4.98 Å². The molecule has 0 radical (unpaired) electrons. The van der Waals surface area contributed by atoms with Gasteiger partial charge < -0.3 is 4.57 Å². The maximum absolute atomic E-state index is 9.86. The van der Waals surface area contributed by atoms with E-state index in [-0.39, 0.29) is 0 Å². The fraction of sp³-hybridized carbons (Fsp3) is 0.133. The van der Waals surface area contributed by atoms with E-state index in [2.05, 4.69) is 75.1 Å². The Morgan fingerprint density at radius 3 is 2.37 bits per heavy atom. The maximum atomic E-state index is 9.86. The molecule has 0 N–H and O–H groups in total. The summed E-state index contributed by atoms with van der Waals surface area (Å²) in [5.74, 6) is 0. The van der Waals surface area contributed by atoms with Crippen LogP contribution in [0.5, 0.6) is 0 Å². The highest BCUT2D eigenvalue weighted by Crippen LogP contribution is 2.32. The van der Waals surface area contributed by atoms with Gasteiger partial charge in [0, 0.05) is 43.5 Å². The van der Waals surface area contributed by atoms with Crippen LogP contribution in [0.2, 0.25) is 5.02 Å². The van der Waals surface area contributed by atoms with Crippen molar-refractivity contribution in [3.63, 3.8) is 0 Å². The van der Waals surface area contributed by atoms with Gasteiger partial charge in [-0.15, -0.1) is 0 Å². The van der Waals surface area contributed by atoms with Crippen molar-refractivity contribution in [3.8, 4) is 17.2 Å². The van der Waals surface area contributed by atoms with Crippen LogP contribution in [0, 0.1) is 11.3 Å². The van der Waals surface area contributed by atoms with Crippen molar-refractivity contribution in [2.24, 2.45) is 7.05 Å². The van der Waals surface area contributed by atoms with Crippen molar-refractivity contribution in [1.82, 2.24) is 14.5 Å². The Kier molecular flexibility index (Phi) is 6.63. The van der Waals surface area contributed by atoms with E-state index in [4.69, 9.17) is 11.6 Å². The zero-order chi connectivity index (χ0) is 24.2. The molecular weight excluding hydrogens is 452 g/mol. The van der Waals surface area contributed by atoms with E-state index >= 15 is 0 Å². The standard InChI is InChI=1S/C30H25ClN4/c1-34-21-33-17-27(34)20-35(18-22-10-13-26(31)14-11-22)19-23-9-12-25(16-32)30(15-23)29-8-4-6-24-5-2-3-7-28(24)29/h2-15,17,21H,18-20H2,1H3. The predicted octanol–water partition coefficient (Wildman–Crippen LogP) is 6.97. The van der Waals surface area contributed by atoms with E-state index < -0.39 is 0 Å². The summed E-state index contributed by atoms with van der Waals surface area (Å²) in [4.78, 5) is 6.67. The molecular formula is C30H25ClN4. The molecule has 1 aromatic heterocycles. The number of benzene rings is 4. The van der Waals surface area contributed by atoms with Crippen LogP contribution in [-0.4, -0.2) is 14.5 Å². The summed E-state index contributed by atoms with van der Waals surface area (Å²) in [6, 6.07) is 31.1. The number of hydrogen-bond acceptors (Lipinski definition) is 3. The van der Waals surface area contributed by atoms with Crippen LogP contribution >= 0.6 is 11.6 Å². The van der Waals surface area contributed by atoms with Crippen LogP contribution in [0.25, 0.3) is 21.9 Å². The second kappa shape index (κ2) is 10.1. The summed E-state index contributed by atoms with van der Waals surface area (Å²) in [5.41, 5.74) is 6.22. The zero-order valence-electron chi connectivity index (χ0n) is 19.5. The van der Waals surface area contributed by atoms with E-state index in [0.29, 0.717) is 5.56 Å². The number of imidazole rings is 1. The summed E-state index contributed by atoms with van der Waals surface area (Å²) < 4.78 is 2.05. The van der Waals surface area contributed by atoms with E-state index in [1.165, 1.54) is 10.9 Å². The Morgan fingerprint density at radius 2 is 1.60 bits per heavy atom. The molecule has 5 aromatic rings. The molecule has 0 saturated carbocycles. The molecule has 172 valence electrons. The molecule has 0 fully saturated rings. The lowest BCUT2D eigenvalue weighted by atomic mass is 9.93. The van der Waals surface area contributed by atoms with Gasteiger partial charge in [-0.2, -0.15) is 5.26 Å². The third-order valence-corrected chi connectivity index (χ3v) is 6.56. The molecule has 4 nitrogen and oxygen atoms in total. The number of hydrogen-bond donors (Lipinski definition) is 0. The van der Waals surface area contributed by atoms with E-state index in [0.717, 1.165) is 52.4 Å². The highest BCUT2D eigenvalue weighted by Gasteiger charge is 2.14. The van der Waals surface area contributed by atoms with E-state index in [1.807, 2.05) is 49.9 Å². The summed E-state index contributed by atoms with van der Waals surface area (Å²) in [6.07, 6.45) is 3.74. The van der Waals surface area contributed by atoms with Crippen molar-refractivity contribution in [2.45, 2.75) is 19.6 Å². The lowest BCUT2D eigenvalue weighted by molar-refractivity contribution is 0.242. The molecule has 0 amide bonds. The first-order chi connectivity index (χ1) is 17.1. The lowest BCUT2D eigenvalue weighted by Crippen LogP contribution is -2.23. The average molecular weight is 477 g/mol. The van der Waals surface area contributed by atoms with Crippen LogP contribution in [0.15, 0.2) is 97.5 Å². The van der Waals surface area contributed by atoms with Gasteiger partial charge in [-0.1, -0.05) is 72.3 Å². The first-order valence-corrected chi connectivity index (χ1v) is 11.9. The zero-order valence-corrected chi connectivity index (χ0v) is 20.3. The molecule has 0 bridgehead atoms. The lowest BCUT2D eigenvalue weighted by Gasteiger charge is -2.23. The van der Waals surface area contributed by atoms with Crippen molar-refractivity contribution >= 4 is 22.4 Å². The number of halogens is 1. The number of aromatic nitrogens is 2. The molecule has 1 heterocycles. The van der Waals surface area contributed by atoms with Gasteiger partial charge in [-0.05, 0) is 51.7 Å². The van der Waals surface area contributed by atoms with Gasteiger partial charge in [0.15, 0.2) is 0 Å². The summed E-state index contributed by atoms with van der Waals surface area (Å²) in [6.45, 7) is 2.26. The Hall–Kier alpha value is -3.91. The molecule has 0 aliphatic heterocycles. The third-order valence-electron chi connectivity index (χ3n) is 6.31. The molecule has 5 rings (SSSR count). The van der Waals surface area contributed by atoms with Crippen LogP contribution < -0.4 is 0 Å². The second-order valence-corrected chi connectivity index (χ2v) is 9.22. The first-order valence-electron chi connectivity index (χ1n) is 11.5. The number of nitrogens with zero attached hydrogens (tertiary/aromatic N) is 4. The molecule has 4 aromatic carbocycles. The summed E-state index contributed by atoms with van der Waals surface area (Å²) >= 11 is 6.11. The Morgan fingerprint density at radius 1 is 0.857 bits per heavy atom. The van der Waals surface area contributed by atoms with Crippen LogP contribution in [0.4, 0.5) is 0 Å². The van der Waals surface area contributed by atoms with E-state index in [1.54, 1.807) is 0 Å². The Labute approximate surface area is 210 Å². The van der Waals surface area contributed by atoms with Gasteiger partial charge >= 0.3 is 0 Å². The minimum absolute atomic E-state index is 0.681. The molecule has 0 unspecified atom stereocenters. The maximum Gasteiger partial charge on any atom is 0.0998 e. The molecule has 0 spiro atoms. The molecule has 0 saturated heterocycles. The smallest absolute Gasteiger partial charge is 0.0998 e. The third kappa shape index (κ3) is 5.12. The summed E-state index contributed by atoms with van der Waals surface area (Å²) in [5, 5.41) is 12.9. The van der Waals surface area contributed by atoms with Crippen LogP contribution in [0.1, 0.15) is 22.4 Å². The van der Waals surface area contributed by atoms with E-state index in [9.17, 15) is 5.26 Å². The molecule has 5 heteroatoms. The number of nitriles is 1. The SMILES string of the molecule is Cn1cncc1CN(Cc1ccc(Cl)cc1)Cc1ccc(C#N)c(-c2cccc3ccccc23)c1. The highest BCUT2D eigenvalue weighted by molar-refractivity contribution is 6.30. The molecule has 0 atom stereocenters. The fourth-order valence-corrected chi connectivity index (χ4v) is 4.64. The monoisotopic (exact) mass is 476 g/mol. The topological polar surface area (TPSA) is 44.9 Å². The second-order valence-electron chi connectivity index (χ2n) is 8.79. The molecule has 0 aliphatic carbocycles. The van der Waals surface area contributed by atoms with Crippen LogP contribution in [-0.2, 0) is 26.7 Å². The fourth-order valence-electron chi connectivity index (χ4n) is 4.51. The van der Waals surface area contributed by atoms with Gasteiger partial charge in [0.2, 0.25) is 0 Å². The van der Waals surface area contributed by atoms with Crippen molar-refractivity contribution in [1.29, 1.82) is 5.26 Å². The average Bonchev–Trinajstić information content (AvgIpc) is 3.29. The molecule has 35 heavy (non-hydrogen) atoms. The number of fused-ring (bicyclic) bond motifs is 1. The number of rotatable bonds is 7. The van der Waals surface area contributed by atoms with Crippen LogP contribution in [0.3, 0.4) is 0 Å². The van der Waals surface area contributed by atoms with Gasteiger partial charge in [0.05, 0.1) is 23.7 Å². The normalized spacial score (nSPS) is 11.1. The Bertz CT molecular complexity index is 1510. The molecule has 0 aliphatic rings. The van der Waals surface area contributed by atoms with Crippen molar-refractivity contribution < 1.29 is 0 Å². The first kappa shape index (κ1) is 22.9. The van der Waals surface area contributed by atoms with Gasteiger partial charge in [-0.3, -0.25) is 4.90 Å². The quantitative estimate of drug-likeness (QED) is 0.255. The Balaban J connectivity index is 1.51. The largest absolute Gasteiger partial charge is 0.337 e. The minimum Gasteiger partial charge on any atom is -0.337 e. The summed E-state index contributed by atoms with van der Waals surface area (Å²) in [7, 11) is 2.02.